The van der Waals surface area contributed by atoms with Crippen molar-refractivity contribution in [1.29, 1.82) is 0 Å². The quantitative estimate of drug-likeness (QED) is 0.603. The number of amides is 1. The van der Waals surface area contributed by atoms with Crippen LogP contribution in [0.4, 0.5) is 0 Å². The topological polar surface area (TPSA) is 56.9 Å². The van der Waals surface area contributed by atoms with Gasteiger partial charge < -0.3 is 15.6 Å². The molecule has 1 saturated heterocycles. The third-order valence-corrected chi connectivity index (χ3v) is 2.24. The Labute approximate surface area is 76.7 Å². The molecule has 1 aliphatic rings. The predicted molar refractivity (Wildman–Crippen MR) is 49.5 cm³/mol. The molecular weight excluding hydrogens is 166 g/mol. The number of aromatic amines is 1. The molecule has 1 aromatic rings. The highest BCUT2D eigenvalue weighted by Gasteiger charge is 2.17. The molecule has 1 unspecified atom stereocenters. The second-order valence-corrected chi connectivity index (χ2v) is 3.25. The van der Waals surface area contributed by atoms with Crippen LogP contribution in [-0.4, -0.2) is 30.0 Å². The zero-order chi connectivity index (χ0) is 9.10. The third-order valence-electron chi connectivity index (χ3n) is 2.24. The summed E-state index contributed by atoms with van der Waals surface area (Å²) in [5, 5.41) is 6.15. The number of hydrogen-bond acceptors (Lipinski definition) is 2. The molecule has 13 heavy (non-hydrogen) atoms. The Morgan fingerprint density at radius 3 is 3.15 bits per heavy atom. The minimum absolute atomic E-state index is 0.0151. The van der Waals surface area contributed by atoms with Crippen molar-refractivity contribution in [3.05, 3.63) is 24.0 Å². The first-order valence-corrected chi connectivity index (χ1v) is 4.51. The Morgan fingerprint density at radius 1 is 1.62 bits per heavy atom. The Morgan fingerprint density at radius 2 is 2.54 bits per heavy atom. The lowest BCUT2D eigenvalue weighted by Gasteiger charge is -2.09. The van der Waals surface area contributed by atoms with Gasteiger partial charge >= 0.3 is 0 Å². The van der Waals surface area contributed by atoms with Gasteiger partial charge in [-0.3, -0.25) is 4.79 Å². The average Bonchev–Trinajstić information content (AvgIpc) is 2.74. The van der Waals surface area contributed by atoms with E-state index in [2.05, 4.69) is 15.6 Å². The number of rotatable bonds is 2. The predicted octanol–water partition coefficient (Wildman–Crippen LogP) is 0.106. The Bertz CT molecular complexity index is 275. The largest absolute Gasteiger partial charge is 0.357 e. The van der Waals surface area contributed by atoms with Gasteiger partial charge in [-0.15, -0.1) is 0 Å². The van der Waals surface area contributed by atoms with E-state index in [0.717, 1.165) is 19.5 Å². The van der Waals surface area contributed by atoms with Crippen molar-refractivity contribution < 1.29 is 4.79 Å². The van der Waals surface area contributed by atoms with Crippen LogP contribution in [0.15, 0.2) is 18.3 Å². The van der Waals surface area contributed by atoms with Gasteiger partial charge in [0.2, 0.25) is 0 Å². The van der Waals surface area contributed by atoms with Crippen molar-refractivity contribution in [2.24, 2.45) is 0 Å². The summed E-state index contributed by atoms with van der Waals surface area (Å²) in [5.41, 5.74) is 0.631. The summed E-state index contributed by atoms with van der Waals surface area (Å²) >= 11 is 0. The van der Waals surface area contributed by atoms with Crippen molar-refractivity contribution in [3.8, 4) is 0 Å². The molecule has 0 saturated carbocycles. The number of nitrogens with one attached hydrogen (secondary N) is 3. The van der Waals surface area contributed by atoms with Crippen LogP contribution in [-0.2, 0) is 0 Å². The Hall–Kier alpha value is -1.29. The summed E-state index contributed by atoms with van der Waals surface area (Å²) in [6.07, 6.45) is 2.77. The molecule has 0 radical (unpaired) electrons. The maximum atomic E-state index is 11.5. The fraction of sp³-hybridized carbons (Fsp3) is 0.444. The second kappa shape index (κ2) is 3.62. The van der Waals surface area contributed by atoms with Gasteiger partial charge in [0.25, 0.3) is 5.91 Å². The fourth-order valence-electron chi connectivity index (χ4n) is 1.51. The van der Waals surface area contributed by atoms with Crippen LogP contribution in [0.3, 0.4) is 0 Å². The lowest BCUT2D eigenvalue weighted by molar-refractivity contribution is 0.0935. The Balaban J connectivity index is 1.91. The summed E-state index contributed by atoms with van der Waals surface area (Å²) < 4.78 is 0. The highest BCUT2D eigenvalue weighted by atomic mass is 16.1. The number of H-pyrrole nitrogens is 1. The first-order chi connectivity index (χ1) is 6.36. The molecule has 3 N–H and O–H groups in total. The summed E-state index contributed by atoms with van der Waals surface area (Å²) in [6, 6.07) is 3.88. The normalized spacial score (nSPS) is 21.7. The smallest absolute Gasteiger partial charge is 0.267 e. The molecule has 70 valence electrons. The monoisotopic (exact) mass is 179 g/mol. The van der Waals surface area contributed by atoms with Crippen LogP contribution < -0.4 is 10.6 Å². The molecule has 1 aromatic heterocycles. The highest BCUT2D eigenvalue weighted by Crippen LogP contribution is 2.00. The zero-order valence-electron chi connectivity index (χ0n) is 7.34. The van der Waals surface area contributed by atoms with E-state index in [1.165, 1.54) is 0 Å². The van der Waals surface area contributed by atoms with Crippen molar-refractivity contribution >= 4 is 5.91 Å². The van der Waals surface area contributed by atoms with E-state index in [9.17, 15) is 4.79 Å². The van der Waals surface area contributed by atoms with Gasteiger partial charge in [-0.05, 0) is 25.1 Å². The van der Waals surface area contributed by atoms with E-state index < -0.39 is 0 Å². The van der Waals surface area contributed by atoms with Crippen molar-refractivity contribution in [3.63, 3.8) is 0 Å². The lowest BCUT2D eigenvalue weighted by Crippen LogP contribution is -2.36. The van der Waals surface area contributed by atoms with Crippen LogP contribution >= 0.6 is 0 Å². The van der Waals surface area contributed by atoms with E-state index in [4.69, 9.17) is 0 Å². The zero-order valence-corrected chi connectivity index (χ0v) is 7.34. The van der Waals surface area contributed by atoms with Gasteiger partial charge in [0, 0.05) is 18.8 Å². The lowest BCUT2D eigenvalue weighted by atomic mass is 10.2. The average molecular weight is 179 g/mol. The molecular formula is C9H13N3O. The molecule has 4 heteroatoms. The third kappa shape index (κ3) is 1.89. The maximum absolute atomic E-state index is 11.5. The molecule has 2 rings (SSSR count). The summed E-state index contributed by atoms with van der Waals surface area (Å²) in [7, 11) is 0. The van der Waals surface area contributed by atoms with Crippen LogP contribution in [0.1, 0.15) is 16.9 Å². The van der Waals surface area contributed by atoms with Crippen LogP contribution in [0.25, 0.3) is 0 Å². The first-order valence-electron chi connectivity index (χ1n) is 4.51. The van der Waals surface area contributed by atoms with Gasteiger partial charge in [-0.25, -0.2) is 0 Å². The fourth-order valence-corrected chi connectivity index (χ4v) is 1.51. The molecule has 1 fully saturated rings. The highest BCUT2D eigenvalue weighted by molar-refractivity contribution is 5.92. The summed E-state index contributed by atoms with van der Waals surface area (Å²) in [5.74, 6) is -0.0151. The van der Waals surface area contributed by atoms with Gasteiger partial charge in [-0.1, -0.05) is 0 Å². The minimum atomic E-state index is -0.0151. The standard InChI is InChI=1S/C9H13N3O/c13-9(8-2-1-4-11-8)12-7-3-5-10-6-7/h1-2,4,7,10-11H,3,5-6H2,(H,12,13). The summed E-state index contributed by atoms with van der Waals surface area (Å²) in [6.45, 7) is 1.88. The Kier molecular flexibility index (Phi) is 2.31. The molecule has 1 atom stereocenters. The molecule has 0 spiro atoms. The molecule has 0 aliphatic carbocycles. The van der Waals surface area contributed by atoms with Crippen LogP contribution in [0, 0.1) is 0 Å². The van der Waals surface area contributed by atoms with Gasteiger partial charge in [0.1, 0.15) is 5.69 Å². The van der Waals surface area contributed by atoms with E-state index in [1.807, 2.05) is 6.07 Å². The molecule has 0 aromatic carbocycles. The van der Waals surface area contributed by atoms with E-state index in [-0.39, 0.29) is 11.9 Å². The van der Waals surface area contributed by atoms with E-state index in [0.29, 0.717) is 5.69 Å². The molecule has 4 nitrogen and oxygen atoms in total. The molecule has 0 bridgehead atoms. The number of carbonyl (C=O) groups is 1. The van der Waals surface area contributed by atoms with Gasteiger partial charge in [0.15, 0.2) is 0 Å². The molecule has 2 heterocycles. The van der Waals surface area contributed by atoms with Crippen LogP contribution in [0.2, 0.25) is 0 Å². The maximum Gasteiger partial charge on any atom is 0.267 e. The van der Waals surface area contributed by atoms with Crippen LogP contribution in [0.5, 0.6) is 0 Å². The van der Waals surface area contributed by atoms with Gasteiger partial charge in [-0.2, -0.15) is 0 Å². The van der Waals surface area contributed by atoms with Crippen molar-refractivity contribution in [2.75, 3.05) is 13.1 Å². The summed E-state index contributed by atoms with van der Waals surface area (Å²) in [4.78, 5) is 14.4. The molecule has 1 aliphatic heterocycles. The second-order valence-electron chi connectivity index (χ2n) is 3.25. The number of aromatic nitrogens is 1. The van der Waals surface area contributed by atoms with Crippen molar-refractivity contribution in [2.45, 2.75) is 12.5 Å². The number of hydrogen-bond donors (Lipinski definition) is 3. The van der Waals surface area contributed by atoms with Crippen molar-refractivity contribution in [1.82, 2.24) is 15.6 Å². The molecule has 1 amide bonds. The number of carbonyl (C=O) groups excluding carboxylic acids is 1. The SMILES string of the molecule is O=C(NC1CCNC1)c1ccc[nH]1. The van der Waals surface area contributed by atoms with E-state index >= 15 is 0 Å². The van der Waals surface area contributed by atoms with E-state index in [1.54, 1.807) is 12.3 Å². The first kappa shape index (κ1) is 8.31. The van der Waals surface area contributed by atoms with Gasteiger partial charge in [0.05, 0.1) is 0 Å². The minimum Gasteiger partial charge on any atom is -0.357 e.